The first-order valence-electron chi connectivity index (χ1n) is 7.76. The van der Waals surface area contributed by atoms with Crippen molar-refractivity contribution in [1.82, 2.24) is 0 Å². The van der Waals surface area contributed by atoms with Crippen LogP contribution in [-0.4, -0.2) is 30.4 Å². The Morgan fingerprint density at radius 2 is 1.96 bits per heavy atom. The molecule has 0 aromatic heterocycles. The number of ether oxygens (including phenoxy) is 2. The first-order valence-corrected chi connectivity index (χ1v) is 8.98. The molecule has 1 amide bonds. The van der Waals surface area contributed by atoms with Gasteiger partial charge < -0.3 is 19.4 Å². The second-order valence-corrected chi connectivity index (χ2v) is 7.14. The monoisotopic (exact) mass is 400 g/mol. The van der Waals surface area contributed by atoms with Crippen LogP contribution in [0.15, 0.2) is 47.4 Å². The zero-order chi connectivity index (χ0) is 19.6. The summed E-state index contributed by atoms with van der Waals surface area (Å²) in [4.78, 5) is 25.6. The van der Waals surface area contributed by atoms with E-state index in [0.29, 0.717) is 32.0 Å². The molecule has 0 N–H and O–H groups in total. The normalized spacial score (nSPS) is 15.3. The fourth-order valence-corrected chi connectivity index (χ4v) is 3.83. The quantitative estimate of drug-likeness (QED) is 0.563. The van der Waals surface area contributed by atoms with Crippen molar-refractivity contribution in [1.29, 1.82) is 0 Å². The van der Waals surface area contributed by atoms with Crippen LogP contribution < -0.4 is 19.5 Å². The van der Waals surface area contributed by atoms with E-state index in [2.05, 4.69) is 0 Å². The topological polar surface area (TPSA) is 78.9 Å². The Bertz CT molecular complexity index is 970. The molecule has 0 atom stereocenters. The molecule has 0 bridgehead atoms. The summed E-state index contributed by atoms with van der Waals surface area (Å²) in [5.74, 6) is -0.464. The molecule has 0 spiro atoms. The highest BCUT2D eigenvalue weighted by atomic mass is 32.2. The van der Waals surface area contributed by atoms with E-state index in [1.165, 1.54) is 30.2 Å². The third-order valence-corrected chi connectivity index (χ3v) is 5.16. The standard InChI is InChI=1S/C19H15NO5S2/c1-24-14-7-6-11(15(10-14)25-2)9-16-17(21)20(19(26)27-16)13-5-3-4-12(8-13)18(22)23/h3-10H,1-2H3,(H,22,23)/p-1/b16-9-. The van der Waals surface area contributed by atoms with Gasteiger partial charge in [0, 0.05) is 11.6 Å². The van der Waals surface area contributed by atoms with Gasteiger partial charge in [-0.25, -0.2) is 0 Å². The molecule has 0 aliphatic carbocycles. The highest BCUT2D eigenvalue weighted by molar-refractivity contribution is 8.27. The number of amides is 1. The summed E-state index contributed by atoms with van der Waals surface area (Å²) in [5, 5.41) is 11.1. The van der Waals surface area contributed by atoms with E-state index in [1.807, 2.05) is 0 Å². The van der Waals surface area contributed by atoms with Crippen LogP contribution in [0.2, 0.25) is 0 Å². The molecule has 27 heavy (non-hydrogen) atoms. The van der Waals surface area contributed by atoms with E-state index in [-0.39, 0.29) is 11.5 Å². The average Bonchev–Trinajstić information content (AvgIpc) is 2.95. The summed E-state index contributed by atoms with van der Waals surface area (Å²) in [7, 11) is 3.09. The van der Waals surface area contributed by atoms with Crippen molar-refractivity contribution < 1.29 is 24.2 Å². The van der Waals surface area contributed by atoms with E-state index in [9.17, 15) is 14.7 Å². The molecule has 6 nitrogen and oxygen atoms in total. The number of thiocarbonyl (C=S) groups is 1. The van der Waals surface area contributed by atoms with Crippen molar-refractivity contribution in [3.05, 3.63) is 58.5 Å². The number of carbonyl (C=O) groups excluding carboxylic acids is 2. The minimum Gasteiger partial charge on any atom is -0.545 e. The number of methoxy groups -OCH3 is 2. The minimum absolute atomic E-state index is 0.0256. The zero-order valence-electron chi connectivity index (χ0n) is 14.4. The first kappa shape index (κ1) is 18.9. The van der Waals surface area contributed by atoms with Gasteiger partial charge in [0.15, 0.2) is 4.32 Å². The zero-order valence-corrected chi connectivity index (χ0v) is 16.1. The van der Waals surface area contributed by atoms with Gasteiger partial charge in [-0.1, -0.05) is 36.1 Å². The van der Waals surface area contributed by atoms with Gasteiger partial charge in [0.05, 0.1) is 30.8 Å². The Balaban J connectivity index is 1.96. The molecular weight excluding hydrogens is 386 g/mol. The smallest absolute Gasteiger partial charge is 0.270 e. The van der Waals surface area contributed by atoms with Gasteiger partial charge in [-0.05, 0) is 35.9 Å². The van der Waals surface area contributed by atoms with Crippen LogP contribution in [0.4, 0.5) is 5.69 Å². The van der Waals surface area contributed by atoms with Gasteiger partial charge >= 0.3 is 0 Å². The van der Waals surface area contributed by atoms with Crippen LogP contribution in [0.1, 0.15) is 15.9 Å². The van der Waals surface area contributed by atoms with Gasteiger partial charge in [-0.2, -0.15) is 0 Å². The van der Waals surface area contributed by atoms with E-state index in [4.69, 9.17) is 21.7 Å². The number of carbonyl (C=O) groups is 2. The molecule has 1 fully saturated rings. The number of rotatable bonds is 5. The van der Waals surface area contributed by atoms with E-state index in [1.54, 1.807) is 37.5 Å². The lowest BCUT2D eigenvalue weighted by Crippen LogP contribution is -2.28. The van der Waals surface area contributed by atoms with Crippen LogP contribution >= 0.6 is 24.0 Å². The van der Waals surface area contributed by atoms with Crippen molar-refractivity contribution in [3.63, 3.8) is 0 Å². The van der Waals surface area contributed by atoms with Crippen LogP contribution in [-0.2, 0) is 4.79 Å². The summed E-state index contributed by atoms with van der Waals surface area (Å²) < 4.78 is 10.8. The highest BCUT2D eigenvalue weighted by Crippen LogP contribution is 2.37. The van der Waals surface area contributed by atoms with Crippen LogP contribution in [0, 0.1) is 0 Å². The number of aromatic carboxylic acids is 1. The Labute approximate surface area is 165 Å². The van der Waals surface area contributed by atoms with Crippen molar-refractivity contribution >= 4 is 51.9 Å². The number of hydrogen-bond donors (Lipinski definition) is 0. The molecule has 3 rings (SSSR count). The van der Waals surface area contributed by atoms with Crippen molar-refractivity contribution in [2.24, 2.45) is 0 Å². The lowest BCUT2D eigenvalue weighted by atomic mass is 10.1. The van der Waals surface area contributed by atoms with E-state index < -0.39 is 5.97 Å². The van der Waals surface area contributed by atoms with Gasteiger partial charge in [0.2, 0.25) is 0 Å². The van der Waals surface area contributed by atoms with Crippen LogP contribution in [0.25, 0.3) is 6.08 Å². The number of anilines is 1. The van der Waals surface area contributed by atoms with Gasteiger partial charge in [0.1, 0.15) is 11.5 Å². The van der Waals surface area contributed by atoms with E-state index >= 15 is 0 Å². The highest BCUT2D eigenvalue weighted by Gasteiger charge is 2.33. The molecule has 8 heteroatoms. The lowest BCUT2D eigenvalue weighted by Gasteiger charge is -2.16. The van der Waals surface area contributed by atoms with Crippen LogP contribution in [0.3, 0.4) is 0 Å². The Kier molecular flexibility index (Phi) is 5.48. The van der Waals surface area contributed by atoms with Crippen LogP contribution in [0.5, 0.6) is 11.5 Å². The molecule has 1 aliphatic rings. The van der Waals surface area contributed by atoms with Gasteiger partial charge in [-0.15, -0.1) is 0 Å². The molecule has 1 aliphatic heterocycles. The summed E-state index contributed by atoms with van der Waals surface area (Å²) in [6, 6.07) is 11.2. The maximum Gasteiger partial charge on any atom is 0.270 e. The Hall–Kier alpha value is -2.84. The fraction of sp³-hybridized carbons (Fsp3) is 0.105. The van der Waals surface area contributed by atoms with Gasteiger partial charge in [0.25, 0.3) is 5.91 Å². The fourth-order valence-electron chi connectivity index (χ4n) is 2.54. The SMILES string of the molecule is COc1ccc(/C=C2\SC(=S)N(c3cccc(C(=O)[O-])c3)C2=O)c(OC)c1. The molecule has 138 valence electrons. The minimum atomic E-state index is -1.32. The molecule has 2 aromatic rings. The first-order chi connectivity index (χ1) is 12.9. The Morgan fingerprint density at radius 1 is 1.19 bits per heavy atom. The number of thioether (sulfide) groups is 1. The van der Waals surface area contributed by atoms with E-state index in [0.717, 1.165) is 11.8 Å². The third kappa shape index (κ3) is 3.81. The largest absolute Gasteiger partial charge is 0.545 e. The molecule has 0 saturated carbocycles. The lowest BCUT2D eigenvalue weighted by molar-refractivity contribution is -0.255. The summed E-state index contributed by atoms with van der Waals surface area (Å²) in [6.07, 6.45) is 1.68. The molecule has 0 radical (unpaired) electrons. The second kappa shape index (κ2) is 7.81. The number of nitrogens with zero attached hydrogens (tertiary/aromatic N) is 1. The number of benzene rings is 2. The molecule has 1 saturated heterocycles. The van der Waals surface area contributed by atoms with Gasteiger partial charge in [-0.3, -0.25) is 9.69 Å². The second-order valence-electron chi connectivity index (χ2n) is 5.46. The number of hydrogen-bond acceptors (Lipinski definition) is 7. The average molecular weight is 400 g/mol. The molecular formula is C19H14NO5S2-. The number of carboxylic acids is 1. The third-order valence-electron chi connectivity index (χ3n) is 3.86. The maximum absolute atomic E-state index is 12.8. The molecule has 2 aromatic carbocycles. The molecule has 0 unspecified atom stereocenters. The number of carboxylic acid groups (broad SMARTS) is 1. The maximum atomic E-state index is 12.8. The van der Waals surface area contributed by atoms with Crippen molar-refractivity contribution in [2.45, 2.75) is 0 Å². The summed E-state index contributed by atoms with van der Waals surface area (Å²) >= 11 is 6.45. The van der Waals surface area contributed by atoms with Crippen molar-refractivity contribution in [3.8, 4) is 11.5 Å². The molecule has 1 heterocycles. The predicted molar refractivity (Wildman–Crippen MR) is 106 cm³/mol. The predicted octanol–water partition coefficient (Wildman–Crippen LogP) is 2.47. The van der Waals surface area contributed by atoms with Crippen molar-refractivity contribution in [2.75, 3.05) is 19.1 Å². The Morgan fingerprint density at radius 3 is 2.63 bits per heavy atom. The summed E-state index contributed by atoms with van der Waals surface area (Å²) in [5.41, 5.74) is 1.05. The summed E-state index contributed by atoms with van der Waals surface area (Å²) in [6.45, 7) is 0.